The van der Waals surface area contributed by atoms with Gasteiger partial charge in [-0.3, -0.25) is 14.7 Å². The maximum Gasteiger partial charge on any atom is 0.407 e. The third-order valence-corrected chi connectivity index (χ3v) is 9.08. The van der Waals surface area contributed by atoms with Crippen LogP contribution in [0.3, 0.4) is 0 Å². The number of rotatable bonds is 12. The first-order valence-corrected chi connectivity index (χ1v) is 17.5. The summed E-state index contributed by atoms with van der Waals surface area (Å²) in [6, 6.07) is 17.9. The monoisotopic (exact) mass is 730 g/mol. The van der Waals surface area contributed by atoms with Crippen molar-refractivity contribution < 1.29 is 37.8 Å². The van der Waals surface area contributed by atoms with Crippen LogP contribution < -0.4 is 16.0 Å². The van der Waals surface area contributed by atoms with E-state index in [4.69, 9.17) is 4.74 Å². The van der Waals surface area contributed by atoms with Gasteiger partial charge in [0, 0.05) is 30.1 Å². The second-order valence-corrected chi connectivity index (χ2v) is 14.3. The summed E-state index contributed by atoms with van der Waals surface area (Å²) >= 11 is 0. The van der Waals surface area contributed by atoms with E-state index >= 15 is 0 Å². The number of aromatic carboxylic acids is 1. The molecule has 0 spiro atoms. The summed E-state index contributed by atoms with van der Waals surface area (Å²) in [6.45, 7) is 7.70. The molecule has 14 heteroatoms. The second kappa shape index (κ2) is 16.8. The molecule has 280 valence electrons. The average Bonchev–Trinajstić information content (AvgIpc) is 3.62. The lowest BCUT2D eigenvalue weighted by Gasteiger charge is -2.29. The quantitative estimate of drug-likeness (QED) is 0.103. The topological polar surface area (TPSA) is 175 Å². The molecule has 1 fully saturated rings. The number of aromatic amines is 1. The van der Waals surface area contributed by atoms with E-state index in [1.807, 2.05) is 31.2 Å². The van der Waals surface area contributed by atoms with Crippen molar-refractivity contribution in [1.82, 2.24) is 25.8 Å². The van der Waals surface area contributed by atoms with Gasteiger partial charge < -0.3 is 25.8 Å². The number of anilines is 1. The van der Waals surface area contributed by atoms with Crippen LogP contribution in [0.25, 0.3) is 22.5 Å². The summed E-state index contributed by atoms with van der Waals surface area (Å²) in [5.41, 5.74) is 3.85. The maximum atomic E-state index is 13.7. The number of hydrogen-bond acceptors (Lipinski definition) is 7. The average molecular weight is 731 g/mol. The Hall–Kier alpha value is -5.66. The summed E-state index contributed by atoms with van der Waals surface area (Å²) in [4.78, 5) is 54.6. The number of carbonyl (C=O) groups excluding carboxylic acids is 3. The predicted octanol–water partition coefficient (Wildman–Crippen LogP) is 7.08. The van der Waals surface area contributed by atoms with Crippen molar-refractivity contribution in [3.05, 3.63) is 89.2 Å². The highest BCUT2D eigenvalue weighted by molar-refractivity contribution is 5.98. The molecule has 0 bridgehead atoms. The lowest BCUT2D eigenvalue weighted by Crippen LogP contribution is -2.48. The van der Waals surface area contributed by atoms with E-state index in [-0.39, 0.29) is 35.6 Å². The van der Waals surface area contributed by atoms with Crippen molar-refractivity contribution in [3.63, 3.8) is 0 Å². The van der Waals surface area contributed by atoms with Gasteiger partial charge in [-0.2, -0.15) is 5.10 Å². The Balaban J connectivity index is 1.26. The molecule has 53 heavy (non-hydrogen) atoms. The zero-order valence-electron chi connectivity index (χ0n) is 30.0. The van der Waals surface area contributed by atoms with Crippen LogP contribution in [0.15, 0.2) is 66.7 Å². The zero-order valence-corrected chi connectivity index (χ0v) is 30.0. The summed E-state index contributed by atoms with van der Waals surface area (Å²) in [5.74, 6) is -2.22. The van der Waals surface area contributed by atoms with E-state index in [1.165, 1.54) is 0 Å². The van der Waals surface area contributed by atoms with Gasteiger partial charge in [-0.25, -0.2) is 23.4 Å². The first-order valence-electron chi connectivity index (χ1n) is 17.5. The normalized spacial score (nSPS) is 16.4. The number of carboxylic acid groups (broad SMARTS) is 1. The van der Waals surface area contributed by atoms with Gasteiger partial charge in [-0.05, 0) is 118 Å². The third-order valence-electron chi connectivity index (χ3n) is 9.08. The molecule has 4 aromatic rings. The molecule has 0 saturated heterocycles. The Labute approximate surface area is 306 Å². The standard InChI is InChI=1S/C39H44F2N6O6/c1-22-19-28(37(50)51)15-18-30(22)25-9-5-23(6-10-25)20-31(36(49)43-29-16-13-26(14-17-29)33-45-34(32(40)41)47-46-33)44-35(48)27-11-7-24(8-12-27)21-42-38(52)53-39(2,3)4/h5-6,9-10,13-19,24,27,31-32H,7-8,11-12,20-21H2,1-4H3,(H,42,52)(H,43,49)(H,44,48)(H,50,51)(H,45,46,47)/t24?,27?,31-/m0/s1. The molecule has 12 nitrogen and oxygen atoms in total. The van der Waals surface area contributed by atoms with Crippen LogP contribution in [-0.2, 0) is 20.7 Å². The Morgan fingerprint density at radius 1 is 0.943 bits per heavy atom. The van der Waals surface area contributed by atoms with Crippen molar-refractivity contribution in [2.45, 2.75) is 77.9 Å². The SMILES string of the molecule is Cc1cc(C(=O)O)ccc1-c1ccc(C[C@H](NC(=O)C2CCC(CNC(=O)OC(C)(C)C)CC2)C(=O)Nc2ccc(-c3n[nH]c(C(F)F)n3)cc2)cc1. The molecule has 1 saturated carbocycles. The van der Waals surface area contributed by atoms with Crippen LogP contribution in [-0.4, -0.2) is 62.4 Å². The van der Waals surface area contributed by atoms with E-state index in [1.54, 1.807) is 63.2 Å². The minimum Gasteiger partial charge on any atom is -0.478 e. The summed E-state index contributed by atoms with van der Waals surface area (Å²) < 4.78 is 31.3. The van der Waals surface area contributed by atoms with Crippen LogP contribution in [0.4, 0.5) is 19.3 Å². The molecule has 5 rings (SSSR count). The fourth-order valence-corrected chi connectivity index (χ4v) is 6.28. The van der Waals surface area contributed by atoms with E-state index < -0.39 is 41.9 Å². The van der Waals surface area contributed by atoms with Gasteiger partial charge in [0.25, 0.3) is 6.43 Å². The number of ether oxygens (including phenoxy) is 1. The molecule has 1 atom stereocenters. The van der Waals surface area contributed by atoms with Crippen molar-refractivity contribution in [1.29, 1.82) is 0 Å². The zero-order chi connectivity index (χ0) is 38.3. The Morgan fingerprint density at radius 3 is 2.19 bits per heavy atom. The minimum absolute atomic E-state index is 0.0927. The van der Waals surface area contributed by atoms with Crippen LogP contribution in [0.1, 0.15) is 80.2 Å². The molecular weight excluding hydrogens is 686 g/mol. The van der Waals surface area contributed by atoms with Crippen LogP contribution in [0.2, 0.25) is 0 Å². The molecule has 5 N–H and O–H groups in total. The molecule has 0 aliphatic heterocycles. The van der Waals surface area contributed by atoms with Gasteiger partial charge in [0.2, 0.25) is 11.8 Å². The second-order valence-electron chi connectivity index (χ2n) is 14.3. The Kier molecular flexibility index (Phi) is 12.2. The number of amides is 3. The number of alkyl halides is 2. The van der Waals surface area contributed by atoms with Crippen LogP contribution in [0.5, 0.6) is 0 Å². The number of nitrogens with one attached hydrogen (secondary N) is 4. The highest BCUT2D eigenvalue weighted by Crippen LogP contribution is 2.30. The number of carboxylic acids is 1. The first kappa shape index (κ1) is 38.6. The van der Waals surface area contributed by atoms with E-state index in [2.05, 4.69) is 31.1 Å². The number of aromatic nitrogens is 3. The van der Waals surface area contributed by atoms with Gasteiger partial charge in [0.05, 0.1) is 5.56 Å². The third kappa shape index (κ3) is 10.7. The molecule has 0 radical (unpaired) electrons. The van der Waals surface area contributed by atoms with Crippen LogP contribution in [0, 0.1) is 18.8 Å². The van der Waals surface area contributed by atoms with Crippen molar-refractivity contribution in [2.24, 2.45) is 11.8 Å². The number of hydrogen-bond donors (Lipinski definition) is 5. The Bertz CT molecular complexity index is 1920. The predicted molar refractivity (Wildman–Crippen MR) is 194 cm³/mol. The smallest absolute Gasteiger partial charge is 0.407 e. The van der Waals surface area contributed by atoms with E-state index in [0.29, 0.717) is 30.6 Å². The molecule has 1 aliphatic carbocycles. The molecule has 3 aromatic carbocycles. The summed E-state index contributed by atoms with van der Waals surface area (Å²) in [5, 5.41) is 24.0. The minimum atomic E-state index is -2.79. The summed E-state index contributed by atoms with van der Waals surface area (Å²) in [7, 11) is 0. The maximum absolute atomic E-state index is 13.7. The number of halogens is 2. The van der Waals surface area contributed by atoms with Crippen molar-refractivity contribution in [3.8, 4) is 22.5 Å². The lowest BCUT2D eigenvalue weighted by atomic mass is 9.81. The molecule has 3 amide bonds. The van der Waals surface area contributed by atoms with Gasteiger partial charge >= 0.3 is 12.1 Å². The highest BCUT2D eigenvalue weighted by Gasteiger charge is 2.30. The number of carbonyl (C=O) groups is 4. The van der Waals surface area contributed by atoms with Crippen molar-refractivity contribution in [2.75, 3.05) is 11.9 Å². The van der Waals surface area contributed by atoms with E-state index in [0.717, 1.165) is 35.1 Å². The number of alkyl carbamates (subject to hydrolysis) is 1. The van der Waals surface area contributed by atoms with Crippen molar-refractivity contribution >= 4 is 29.6 Å². The fourth-order valence-electron chi connectivity index (χ4n) is 6.28. The number of nitrogens with zero attached hydrogens (tertiary/aromatic N) is 2. The van der Waals surface area contributed by atoms with Gasteiger partial charge in [-0.1, -0.05) is 30.3 Å². The number of aryl methyl sites for hydroxylation is 1. The molecule has 1 heterocycles. The highest BCUT2D eigenvalue weighted by atomic mass is 19.3. The fraction of sp³-hybridized carbons (Fsp3) is 0.385. The molecule has 1 aromatic heterocycles. The summed E-state index contributed by atoms with van der Waals surface area (Å²) in [6.07, 6.45) is -0.403. The van der Waals surface area contributed by atoms with Gasteiger partial charge in [0.15, 0.2) is 11.6 Å². The van der Waals surface area contributed by atoms with Crippen LogP contribution >= 0.6 is 0 Å². The number of benzene rings is 3. The largest absolute Gasteiger partial charge is 0.478 e. The first-order chi connectivity index (χ1) is 25.1. The number of H-pyrrole nitrogens is 1. The van der Waals surface area contributed by atoms with E-state index in [9.17, 15) is 33.1 Å². The molecule has 0 unspecified atom stereocenters. The van der Waals surface area contributed by atoms with Gasteiger partial charge in [0.1, 0.15) is 11.6 Å². The molecule has 1 aliphatic rings. The molecular formula is C39H44F2N6O6. The lowest BCUT2D eigenvalue weighted by molar-refractivity contribution is -0.130. The Morgan fingerprint density at radius 2 is 1.60 bits per heavy atom. The van der Waals surface area contributed by atoms with Gasteiger partial charge in [-0.15, -0.1) is 0 Å².